The van der Waals surface area contributed by atoms with Gasteiger partial charge >= 0.3 is 5.97 Å². The zero-order chi connectivity index (χ0) is 14.5. The summed E-state index contributed by atoms with van der Waals surface area (Å²) in [6.07, 6.45) is 2.02. The van der Waals surface area contributed by atoms with Crippen LogP contribution in [0, 0.1) is 0 Å². The number of carbonyl (C=O) groups excluding carboxylic acids is 2. The van der Waals surface area contributed by atoms with Crippen molar-refractivity contribution < 1.29 is 14.3 Å². The summed E-state index contributed by atoms with van der Waals surface area (Å²) in [6, 6.07) is 6.63. The Bertz CT molecular complexity index is 637. The SMILES string of the molecule is CCc1[nH]ncc1C(=O)OCC(=O)c1ccccc1Cl. The molecular formula is C14H13ClN2O3. The number of ether oxygens (including phenoxy) is 1. The highest BCUT2D eigenvalue weighted by atomic mass is 35.5. The molecule has 0 aliphatic heterocycles. The minimum absolute atomic E-state index is 0.338. The van der Waals surface area contributed by atoms with Gasteiger partial charge in [0.15, 0.2) is 6.61 Å². The number of esters is 1. The van der Waals surface area contributed by atoms with Gasteiger partial charge in [-0.3, -0.25) is 9.89 Å². The van der Waals surface area contributed by atoms with Crippen LogP contribution in [-0.4, -0.2) is 28.6 Å². The normalized spacial score (nSPS) is 10.3. The number of H-pyrrole nitrogens is 1. The Labute approximate surface area is 120 Å². The number of aryl methyl sites for hydroxylation is 1. The van der Waals surface area contributed by atoms with Crippen molar-refractivity contribution >= 4 is 23.4 Å². The standard InChI is InChI=1S/C14H13ClN2O3/c1-2-12-10(7-16-17-12)14(19)20-8-13(18)9-5-3-4-6-11(9)15/h3-7H,2,8H2,1H3,(H,16,17). The van der Waals surface area contributed by atoms with Gasteiger partial charge < -0.3 is 4.74 Å². The van der Waals surface area contributed by atoms with E-state index in [1.807, 2.05) is 6.92 Å². The molecule has 0 spiro atoms. The number of aromatic nitrogens is 2. The van der Waals surface area contributed by atoms with E-state index < -0.39 is 5.97 Å². The Morgan fingerprint density at radius 1 is 1.30 bits per heavy atom. The van der Waals surface area contributed by atoms with Crippen LogP contribution in [0.3, 0.4) is 0 Å². The number of benzene rings is 1. The fourth-order valence-corrected chi connectivity index (χ4v) is 1.97. The van der Waals surface area contributed by atoms with Crippen molar-refractivity contribution in [3.8, 4) is 0 Å². The van der Waals surface area contributed by atoms with Crippen LogP contribution in [0.15, 0.2) is 30.5 Å². The van der Waals surface area contributed by atoms with Crippen LogP contribution in [0.5, 0.6) is 0 Å². The smallest absolute Gasteiger partial charge is 0.342 e. The first kappa shape index (κ1) is 14.3. The Morgan fingerprint density at radius 2 is 2.05 bits per heavy atom. The number of carbonyl (C=O) groups is 2. The van der Waals surface area contributed by atoms with Gasteiger partial charge in [-0.05, 0) is 18.6 Å². The van der Waals surface area contributed by atoms with Crippen molar-refractivity contribution in [1.82, 2.24) is 10.2 Å². The van der Waals surface area contributed by atoms with Gasteiger partial charge in [-0.25, -0.2) is 4.79 Å². The Hall–Kier alpha value is -2.14. The minimum atomic E-state index is -0.573. The first-order valence-electron chi connectivity index (χ1n) is 6.10. The molecule has 1 aromatic heterocycles. The summed E-state index contributed by atoms with van der Waals surface area (Å²) in [5, 5.41) is 6.83. The van der Waals surface area contributed by atoms with Crippen molar-refractivity contribution in [2.75, 3.05) is 6.61 Å². The molecule has 1 heterocycles. The summed E-state index contributed by atoms with van der Waals surface area (Å²) < 4.78 is 4.99. The zero-order valence-electron chi connectivity index (χ0n) is 10.9. The van der Waals surface area contributed by atoms with E-state index in [2.05, 4.69) is 10.2 Å². The molecule has 104 valence electrons. The molecule has 0 unspecified atom stereocenters. The monoisotopic (exact) mass is 292 g/mol. The molecule has 5 nitrogen and oxygen atoms in total. The molecule has 1 N–H and O–H groups in total. The average Bonchev–Trinajstić information content (AvgIpc) is 2.93. The highest BCUT2D eigenvalue weighted by Gasteiger charge is 2.17. The predicted molar refractivity (Wildman–Crippen MR) is 74.0 cm³/mol. The zero-order valence-corrected chi connectivity index (χ0v) is 11.6. The number of ketones is 1. The highest BCUT2D eigenvalue weighted by molar-refractivity contribution is 6.34. The lowest BCUT2D eigenvalue weighted by atomic mass is 10.1. The van der Waals surface area contributed by atoms with Gasteiger partial charge in [-0.1, -0.05) is 30.7 Å². The quantitative estimate of drug-likeness (QED) is 0.679. The lowest BCUT2D eigenvalue weighted by molar-refractivity contribution is 0.0474. The van der Waals surface area contributed by atoms with Crippen LogP contribution in [0.25, 0.3) is 0 Å². The molecule has 20 heavy (non-hydrogen) atoms. The van der Waals surface area contributed by atoms with E-state index in [1.165, 1.54) is 6.20 Å². The number of nitrogens with one attached hydrogen (secondary N) is 1. The van der Waals surface area contributed by atoms with Crippen LogP contribution in [0.2, 0.25) is 5.02 Å². The molecule has 6 heteroatoms. The van der Waals surface area contributed by atoms with E-state index in [4.69, 9.17) is 16.3 Å². The van der Waals surface area contributed by atoms with Gasteiger partial charge in [0.1, 0.15) is 5.56 Å². The lowest BCUT2D eigenvalue weighted by Crippen LogP contribution is -2.15. The van der Waals surface area contributed by atoms with Gasteiger partial charge in [0, 0.05) is 11.3 Å². The van der Waals surface area contributed by atoms with Gasteiger partial charge in [0.05, 0.1) is 11.2 Å². The third-order valence-corrected chi connectivity index (χ3v) is 3.13. The third-order valence-electron chi connectivity index (χ3n) is 2.80. The fraction of sp³-hybridized carbons (Fsp3) is 0.214. The predicted octanol–water partition coefficient (Wildman–Crippen LogP) is 2.67. The van der Waals surface area contributed by atoms with E-state index in [0.29, 0.717) is 28.3 Å². The topological polar surface area (TPSA) is 72.1 Å². The summed E-state index contributed by atoms with van der Waals surface area (Å²) in [5.74, 6) is -0.915. The van der Waals surface area contributed by atoms with Crippen molar-refractivity contribution in [1.29, 1.82) is 0 Å². The maximum Gasteiger partial charge on any atom is 0.342 e. The first-order chi connectivity index (χ1) is 9.63. The molecule has 1 aromatic carbocycles. The molecule has 2 rings (SSSR count). The van der Waals surface area contributed by atoms with E-state index in [0.717, 1.165) is 0 Å². The van der Waals surface area contributed by atoms with Crippen molar-refractivity contribution in [3.05, 3.63) is 52.3 Å². The molecule has 0 fully saturated rings. The second kappa shape index (κ2) is 6.34. The summed E-state index contributed by atoms with van der Waals surface area (Å²) in [4.78, 5) is 23.7. The summed E-state index contributed by atoms with van der Waals surface area (Å²) in [5.41, 5.74) is 1.37. The number of aromatic amines is 1. The van der Waals surface area contributed by atoms with Crippen LogP contribution in [-0.2, 0) is 11.2 Å². The summed E-state index contributed by atoms with van der Waals surface area (Å²) >= 11 is 5.91. The maximum absolute atomic E-state index is 11.9. The van der Waals surface area contributed by atoms with Crippen molar-refractivity contribution in [2.45, 2.75) is 13.3 Å². The number of halogens is 1. The molecule has 0 aliphatic rings. The van der Waals surface area contributed by atoms with E-state index >= 15 is 0 Å². The third kappa shape index (κ3) is 3.05. The fourth-order valence-electron chi connectivity index (χ4n) is 1.73. The maximum atomic E-state index is 11.9. The minimum Gasteiger partial charge on any atom is -0.454 e. The molecule has 0 aliphatic carbocycles. The van der Waals surface area contributed by atoms with E-state index in [9.17, 15) is 9.59 Å². The first-order valence-corrected chi connectivity index (χ1v) is 6.48. The van der Waals surface area contributed by atoms with Gasteiger partial charge in [0.25, 0.3) is 0 Å². The molecule has 0 atom stereocenters. The average molecular weight is 293 g/mol. The van der Waals surface area contributed by atoms with E-state index in [-0.39, 0.29) is 12.4 Å². The number of Topliss-reactive ketones (excluding diaryl/α,β-unsaturated/α-hetero) is 1. The van der Waals surface area contributed by atoms with Crippen LogP contribution in [0.1, 0.15) is 33.3 Å². The molecule has 0 saturated heterocycles. The largest absolute Gasteiger partial charge is 0.454 e. The van der Waals surface area contributed by atoms with Gasteiger partial charge in [0.2, 0.25) is 5.78 Å². The molecular weight excluding hydrogens is 280 g/mol. The van der Waals surface area contributed by atoms with Crippen molar-refractivity contribution in [3.63, 3.8) is 0 Å². The highest BCUT2D eigenvalue weighted by Crippen LogP contribution is 2.16. The summed E-state index contributed by atoms with van der Waals surface area (Å²) in [6.45, 7) is 1.54. The van der Waals surface area contributed by atoms with Gasteiger partial charge in [-0.2, -0.15) is 5.10 Å². The Kier molecular flexibility index (Phi) is 4.53. The Balaban J connectivity index is 2.01. The number of hydrogen-bond donors (Lipinski definition) is 1. The van der Waals surface area contributed by atoms with E-state index in [1.54, 1.807) is 24.3 Å². The molecule has 0 amide bonds. The molecule has 0 radical (unpaired) electrons. The van der Waals surface area contributed by atoms with Crippen molar-refractivity contribution in [2.24, 2.45) is 0 Å². The number of hydrogen-bond acceptors (Lipinski definition) is 4. The van der Waals surface area contributed by atoms with Crippen LogP contribution in [0.4, 0.5) is 0 Å². The second-order valence-corrected chi connectivity index (χ2v) is 4.50. The molecule has 2 aromatic rings. The Morgan fingerprint density at radius 3 is 2.75 bits per heavy atom. The number of rotatable bonds is 5. The lowest BCUT2D eigenvalue weighted by Gasteiger charge is -2.05. The van der Waals surface area contributed by atoms with Crippen LogP contribution < -0.4 is 0 Å². The van der Waals surface area contributed by atoms with Gasteiger partial charge in [-0.15, -0.1) is 0 Å². The second-order valence-electron chi connectivity index (χ2n) is 4.09. The molecule has 0 saturated carbocycles. The summed E-state index contributed by atoms with van der Waals surface area (Å²) in [7, 11) is 0. The molecule has 0 bridgehead atoms. The van der Waals surface area contributed by atoms with Crippen LogP contribution >= 0.6 is 11.6 Å². The number of nitrogens with zero attached hydrogens (tertiary/aromatic N) is 1.